The van der Waals surface area contributed by atoms with Crippen LogP contribution in [0.3, 0.4) is 0 Å². The molecule has 0 saturated carbocycles. The summed E-state index contributed by atoms with van der Waals surface area (Å²) in [5.74, 6) is -1.20. The van der Waals surface area contributed by atoms with Gasteiger partial charge in [-0.2, -0.15) is 0 Å². The number of H-pyrrole nitrogens is 1. The second-order valence-corrected chi connectivity index (χ2v) is 7.79. The third-order valence-electron chi connectivity index (χ3n) is 5.35. The summed E-state index contributed by atoms with van der Waals surface area (Å²) >= 11 is 0. The predicted molar refractivity (Wildman–Crippen MR) is 109 cm³/mol. The molecule has 1 N–H and O–H groups in total. The molecule has 3 heterocycles. The van der Waals surface area contributed by atoms with E-state index in [0.29, 0.717) is 41.8 Å². The number of piperazine rings is 1. The van der Waals surface area contributed by atoms with E-state index in [1.807, 2.05) is 32.0 Å². The van der Waals surface area contributed by atoms with Crippen molar-refractivity contribution in [3.8, 4) is 0 Å². The first-order valence-corrected chi connectivity index (χ1v) is 9.51. The average molecular weight is 390 g/mol. The third kappa shape index (κ3) is 3.40. The summed E-state index contributed by atoms with van der Waals surface area (Å²) in [5.41, 5.74) is 0.836. The minimum Gasteiger partial charge on any atom is -0.345 e. The van der Waals surface area contributed by atoms with E-state index in [9.17, 15) is 14.4 Å². The number of rotatable bonds is 3. The first-order chi connectivity index (χ1) is 13.9. The molecule has 2 aromatic heterocycles. The fourth-order valence-corrected chi connectivity index (χ4v) is 3.85. The highest BCUT2D eigenvalue weighted by Crippen LogP contribution is 2.25. The number of nitrogens with one attached hydrogen (secondary N) is 1. The van der Waals surface area contributed by atoms with E-state index < -0.39 is 17.2 Å². The number of hydrogen-bond acceptors (Lipinski definition) is 4. The zero-order valence-corrected chi connectivity index (χ0v) is 16.4. The molecule has 148 valence electrons. The molecule has 29 heavy (non-hydrogen) atoms. The van der Waals surface area contributed by atoms with Crippen molar-refractivity contribution in [3.05, 3.63) is 66.0 Å². The summed E-state index contributed by atoms with van der Waals surface area (Å²) in [7, 11) is 0. The number of pyridine rings is 1. The average Bonchev–Trinajstić information content (AvgIpc) is 3.16. The van der Waals surface area contributed by atoms with Crippen molar-refractivity contribution < 1.29 is 14.4 Å². The zero-order valence-electron chi connectivity index (χ0n) is 16.4. The smallest absolute Gasteiger partial charge is 0.295 e. The zero-order chi connectivity index (χ0) is 20.6. The minimum atomic E-state index is -0.667. The van der Waals surface area contributed by atoms with Crippen LogP contribution in [-0.2, 0) is 4.79 Å². The first kappa shape index (κ1) is 18.9. The second-order valence-electron chi connectivity index (χ2n) is 7.79. The van der Waals surface area contributed by atoms with Crippen molar-refractivity contribution >= 4 is 28.6 Å². The standard InChI is InChI=1S/C22H22N4O3/c1-22(2)14-25(20(28)15-7-4-3-5-8-15)11-12-26(22)21(29)18(27)17-13-24-19-16(17)9-6-10-23-19/h3-10,13H,11-12,14H2,1-2H3,(H,23,24). The SMILES string of the molecule is CC1(C)CN(C(=O)c2ccccc2)CCN1C(=O)C(=O)c1c[nH]c2ncccc12. The summed E-state index contributed by atoms with van der Waals surface area (Å²) in [6, 6.07) is 12.6. The fraction of sp³-hybridized carbons (Fsp3) is 0.273. The molecule has 0 bridgehead atoms. The fourth-order valence-electron chi connectivity index (χ4n) is 3.85. The van der Waals surface area contributed by atoms with Crippen LogP contribution in [0, 0.1) is 0 Å². The van der Waals surface area contributed by atoms with Crippen LogP contribution in [0.15, 0.2) is 54.9 Å². The molecule has 0 atom stereocenters. The molecule has 0 aliphatic carbocycles. The molecule has 1 aromatic carbocycles. The summed E-state index contributed by atoms with van der Waals surface area (Å²) in [6.07, 6.45) is 3.15. The van der Waals surface area contributed by atoms with Gasteiger partial charge in [-0.05, 0) is 38.1 Å². The van der Waals surface area contributed by atoms with Gasteiger partial charge in [0.05, 0.1) is 11.1 Å². The molecular formula is C22H22N4O3. The summed E-state index contributed by atoms with van der Waals surface area (Å²) in [4.78, 5) is 49.1. The normalized spacial score (nSPS) is 16.1. The van der Waals surface area contributed by atoms with Crippen molar-refractivity contribution in [2.45, 2.75) is 19.4 Å². The second kappa shape index (κ2) is 7.16. The Balaban J connectivity index is 1.53. The number of carbonyl (C=O) groups is 3. The van der Waals surface area contributed by atoms with E-state index in [-0.39, 0.29) is 5.91 Å². The van der Waals surface area contributed by atoms with Gasteiger partial charge >= 0.3 is 0 Å². The van der Waals surface area contributed by atoms with E-state index in [0.717, 1.165) is 0 Å². The number of fused-ring (bicyclic) bond motifs is 1. The monoisotopic (exact) mass is 390 g/mol. The molecule has 1 aliphatic heterocycles. The number of Topliss-reactive ketones (excluding diaryl/α,β-unsaturated/α-hetero) is 1. The highest BCUT2D eigenvalue weighted by atomic mass is 16.2. The van der Waals surface area contributed by atoms with E-state index in [2.05, 4.69) is 9.97 Å². The largest absolute Gasteiger partial charge is 0.345 e. The summed E-state index contributed by atoms with van der Waals surface area (Å²) in [5, 5.41) is 0.626. The molecule has 7 heteroatoms. The molecule has 1 aliphatic rings. The molecule has 0 unspecified atom stereocenters. The minimum absolute atomic E-state index is 0.0696. The Hall–Kier alpha value is -3.48. The molecule has 4 rings (SSSR count). The molecule has 3 aromatic rings. The summed E-state index contributed by atoms with van der Waals surface area (Å²) < 4.78 is 0. The Labute approximate surface area is 168 Å². The number of aromatic nitrogens is 2. The van der Waals surface area contributed by atoms with Crippen LogP contribution < -0.4 is 0 Å². The number of carbonyl (C=O) groups excluding carboxylic acids is 3. The van der Waals surface area contributed by atoms with E-state index in [1.54, 1.807) is 40.3 Å². The van der Waals surface area contributed by atoms with Gasteiger partial charge in [-0.3, -0.25) is 14.4 Å². The lowest BCUT2D eigenvalue weighted by molar-refractivity contribution is -0.134. The van der Waals surface area contributed by atoms with Gasteiger partial charge in [0, 0.05) is 43.0 Å². The van der Waals surface area contributed by atoms with Crippen LogP contribution in [0.2, 0.25) is 0 Å². The number of hydrogen-bond donors (Lipinski definition) is 1. The lowest BCUT2D eigenvalue weighted by Gasteiger charge is -2.46. The summed E-state index contributed by atoms with van der Waals surface area (Å²) in [6.45, 7) is 4.79. The van der Waals surface area contributed by atoms with Crippen molar-refractivity contribution in [1.29, 1.82) is 0 Å². The number of aromatic amines is 1. The Morgan fingerprint density at radius 2 is 1.79 bits per heavy atom. The Kier molecular flexibility index (Phi) is 4.66. The molecular weight excluding hydrogens is 368 g/mol. The topological polar surface area (TPSA) is 86.4 Å². The molecule has 0 spiro atoms. The molecule has 7 nitrogen and oxygen atoms in total. The molecule has 0 radical (unpaired) electrons. The maximum atomic E-state index is 13.0. The van der Waals surface area contributed by atoms with Crippen molar-refractivity contribution in [3.63, 3.8) is 0 Å². The van der Waals surface area contributed by atoms with Gasteiger partial charge in [0.15, 0.2) is 0 Å². The van der Waals surface area contributed by atoms with E-state index >= 15 is 0 Å². The van der Waals surface area contributed by atoms with Crippen LogP contribution in [0.4, 0.5) is 0 Å². The van der Waals surface area contributed by atoms with Crippen LogP contribution >= 0.6 is 0 Å². The quantitative estimate of drug-likeness (QED) is 0.550. The van der Waals surface area contributed by atoms with Crippen LogP contribution in [-0.4, -0.2) is 62.5 Å². The maximum Gasteiger partial charge on any atom is 0.295 e. The number of benzene rings is 1. The van der Waals surface area contributed by atoms with Gasteiger partial charge in [-0.15, -0.1) is 0 Å². The van der Waals surface area contributed by atoms with Crippen molar-refractivity contribution in [2.75, 3.05) is 19.6 Å². The number of nitrogens with zero attached hydrogens (tertiary/aromatic N) is 3. The highest BCUT2D eigenvalue weighted by molar-refractivity contribution is 6.45. The van der Waals surface area contributed by atoms with Gasteiger partial charge in [0.2, 0.25) is 0 Å². The highest BCUT2D eigenvalue weighted by Gasteiger charge is 2.41. The third-order valence-corrected chi connectivity index (χ3v) is 5.35. The van der Waals surface area contributed by atoms with Crippen LogP contribution in [0.5, 0.6) is 0 Å². The maximum absolute atomic E-state index is 13.0. The van der Waals surface area contributed by atoms with Crippen LogP contribution in [0.25, 0.3) is 11.0 Å². The van der Waals surface area contributed by atoms with E-state index in [4.69, 9.17) is 0 Å². The number of ketones is 1. The lowest BCUT2D eigenvalue weighted by Crippen LogP contribution is -2.63. The van der Waals surface area contributed by atoms with Gasteiger partial charge in [-0.1, -0.05) is 18.2 Å². The van der Waals surface area contributed by atoms with Crippen LogP contribution in [0.1, 0.15) is 34.6 Å². The molecule has 2 amide bonds. The Morgan fingerprint density at radius 3 is 2.52 bits per heavy atom. The first-order valence-electron chi connectivity index (χ1n) is 9.51. The lowest BCUT2D eigenvalue weighted by atomic mass is 9.96. The van der Waals surface area contributed by atoms with Crippen molar-refractivity contribution in [1.82, 2.24) is 19.8 Å². The van der Waals surface area contributed by atoms with Gasteiger partial charge < -0.3 is 14.8 Å². The van der Waals surface area contributed by atoms with Gasteiger partial charge in [0.1, 0.15) is 5.65 Å². The number of amides is 2. The van der Waals surface area contributed by atoms with Crippen molar-refractivity contribution in [2.24, 2.45) is 0 Å². The predicted octanol–water partition coefficient (Wildman–Crippen LogP) is 2.51. The van der Waals surface area contributed by atoms with Gasteiger partial charge in [-0.25, -0.2) is 4.98 Å². The Bertz CT molecular complexity index is 1090. The molecule has 1 fully saturated rings. The Morgan fingerprint density at radius 1 is 1.03 bits per heavy atom. The van der Waals surface area contributed by atoms with Gasteiger partial charge in [0.25, 0.3) is 17.6 Å². The van der Waals surface area contributed by atoms with E-state index in [1.165, 1.54) is 6.20 Å². The molecule has 1 saturated heterocycles.